The monoisotopic (exact) mass is 433 g/mol. The van der Waals surface area contributed by atoms with Crippen LogP contribution in [0.5, 0.6) is 5.75 Å². The summed E-state index contributed by atoms with van der Waals surface area (Å²) < 4.78 is 6.34. The van der Waals surface area contributed by atoms with Crippen LogP contribution in [0.15, 0.2) is 48.5 Å². The lowest BCUT2D eigenvalue weighted by atomic mass is 10.0. The van der Waals surface area contributed by atoms with Crippen molar-refractivity contribution in [2.75, 3.05) is 0 Å². The van der Waals surface area contributed by atoms with Gasteiger partial charge in [0, 0.05) is 31.1 Å². The Morgan fingerprint density at radius 3 is 2.69 bits per heavy atom. The number of nitrogens with one attached hydrogen (secondary N) is 2. The van der Waals surface area contributed by atoms with E-state index in [0.29, 0.717) is 18.5 Å². The zero-order valence-corrected chi connectivity index (χ0v) is 17.9. The molecule has 2 fully saturated rings. The number of imide groups is 1. The molecule has 1 aliphatic carbocycles. The third kappa shape index (κ3) is 4.12. The first-order valence-corrected chi connectivity index (χ1v) is 11.3. The first-order valence-electron chi connectivity index (χ1n) is 11.3. The molecule has 3 amide bonds. The molecule has 2 aliphatic heterocycles. The molecule has 3 aliphatic rings. The number of hydrogen-bond acceptors (Lipinski definition) is 5. The van der Waals surface area contributed by atoms with E-state index in [0.717, 1.165) is 37.1 Å². The highest BCUT2D eigenvalue weighted by Gasteiger charge is 2.39. The topological polar surface area (TPSA) is 87.7 Å². The third-order valence-corrected chi connectivity index (χ3v) is 6.65. The number of amides is 3. The Morgan fingerprint density at radius 1 is 1.03 bits per heavy atom. The predicted molar refractivity (Wildman–Crippen MR) is 118 cm³/mol. The summed E-state index contributed by atoms with van der Waals surface area (Å²) >= 11 is 0. The minimum atomic E-state index is -0.599. The normalized spacial score (nSPS) is 25.1. The highest BCUT2D eigenvalue weighted by molar-refractivity contribution is 6.05. The summed E-state index contributed by atoms with van der Waals surface area (Å²) in [7, 11) is 0. The number of nitrogens with zero attached hydrogens (tertiary/aromatic N) is 1. The molecule has 7 heteroatoms. The van der Waals surface area contributed by atoms with Gasteiger partial charge < -0.3 is 15.0 Å². The molecule has 7 nitrogen and oxygen atoms in total. The SMILES string of the molecule is O=C1CCC(N2Cc3cc(OC4CCC[C@@H]4NCc4ccccc4)ccc3C2=O)C(=O)N1. The maximum absolute atomic E-state index is 12.9. The zero-order chi connectivity index (χ0) is 22.1. The Bertz CT molecular complexity index is 1040. The number of benzene rings is 2. The Kier molecular flexibility index (Phi) is 5.66. The summed E-state index contributed by atoms with van der Waals surface area (Å²) in [5.41, 5.74) is 2.72. The van der Waals surface area contributed by atoms with E-state index < -0.39 is 11.9 Å². The largest absolute Gasteiger partial charge is 0.489 e. The van der Waals surface area contributed by atoms with E-state index >= 15 is 0 Å². The summed E-state index contributed by atoms with van der Waals surface area (Å²) in [5, 5.41) is 5.97. The first kappa shape index (κ1) is 20.7. The Labute approximate surface area is 187 Å². The molecule has 0 bridgehead atoms. The average Bonchev–Trinajstić information content (AvgIpc) is 3.37. The van der Waals surface area contributed by atoms with Crippen LogP contribution in [0.4, 0.5) is 0 Å². The molecule has 0 spiro atoms. The minimum absolute atomic E-state index is 0.0834. The van der Waals surface area contributed by atoms with Crippen molar-refractivity contribution in [1.82, 2.24) is 15.5 Å². The molecule has 32 heavy (non-hydrogen) atoms. The first-order chi connectivity index (χ1) is 15.6. The fourth-order valence-electron chi connectivity index (χ4n) is 4.94. The number of piperidine rings is 1. The van der Waals surface area contributed by atoms with E-state index in [-0.39, 0.29) is 30.4 Å². The molecular formula is C25H27N3O4. The van der Waals surface area contributed by atoms with E-state index in [1.807, 2.05) is 30.3 Å². The molecule has 166 valence electrons. The van der Waals surface area contributed by atoms with Gasteiger partial charge in [0.2, 0.25) is 11.8 Å². The van der Waals surface area contributed by atoms with Gasteiger partial charge in [0.05, 0.1) is 0 Å². The second-order valence-electron chi connectivity index (χ2n) is 8.78. The van der Waals surface area contributed by atoms with Gasteiger partial charge in [-0.25, -0.2) is 0 Å². The van der Waals surface area contributed by atoms with Crippen molar-refractivity contribution in [3.8, 4) is 5.75 Å². The second kappa shape index (κ2) is 8.74. The minimum Gasteiger partial charge on any atom is -0.489 e. The van der Waals surface area contributed by atoms with Crippen LogP contribution in [0, 0.1) is 0 Å². The molecule has 2 N–H and O–H groups in total. The summed E-state index contributed by atoms with van der Waals surface area (Å²) in [4.78, 5) is 38.1. The van der Waals surface area contributed by atoms with Crippen LogP contribution in [-0.2, 0) is 22.7 Å². The summed E-state index contributed by atoms with van der Waals surface area (Å²) in [6.45, 7) is 1.17. The van der Waals surface area contributed by atoms with Gasteiger partial charge in [-0.3, -0.25) is 19.7 Å². The Hall–Kier alpha value is -3.19. The molecule has 0 aromatic heterocycles. The molecule has 1 saturated heterocycles. The smallest absolute Gasteiger partial charge is 0.255 e. The van der Waals surface area contributed by atoms with Crippen LogP contribution < -0.4 is 15.4 Å². The van der Waals surface area contributed by atoms with Crippen molar-refractivity contribution in [2.45, 2.75) is 63.4 Å². The number of ether oxygens (including phenoxy) is 1. The lowest BCUT2D eigenvalue weighted by molar-refractivity contribution is -0.136. The predicted octanol–water partition coefficient (Wildman–Crippen LogP) is 2.54. The molecule has 5 rings (SSSR count). The van der Waals surface area contributed by atoms with Crippen molar-refractivity contribution in [2.24, 2.45) is 0 Å². The third-order valence-electron chi connectivity index (χ3n) is 6.65. The highest BCUT2D eigenvalue weighted by Crippen LogP contribution is 2.32. The molecular weight excluding hydrogens is 406 g/mol. The number of carbonyl (C=O) groups is 3. The van der Waals surface area contributed by atoms with Crippen molar-refractivity contribution < 1.29 is 19.1 Å². The van der Waals surface area contributed by atoms with Gasteiger partial charge in [-0.15, -0.1) is 0 Å². The molecule has 1 saturated carbocycles. The molecule has 2 unspecified atom stereocenters. The van der Waals surface area contributed by atoms with Crippen LogP contribution in [0.2, 0.25) is 0 Å². The van der Waals surface area contributed by atoms with Gasteiger partial charge in [0.25, 0.3) is 5.91 Å². The van der Waals surface area contributed by atoms with Gasteiger partial charge in [0.1, 0.15) is 17.9 Å². The molecule has 2 heterocycles. The molecule has 2 aromatic carbocycles. The van der Waals surface area contributed by atoms with Gasteiger partial charge >= 0.3 is 0 Å². The van der Waals surface area contributed by atoms with E-state index in [2.05, 4.69) is 22.8 Å². The van der Waals surface area contributed by atoms with Gasteiger partial charge in [-0.05, 0) is 55.0 Å². The number of carbonyl (C=O) groups excluding carboxylic acids is 3. The van der Waals surface area contributed by atoms with Gasteiger partial charge in [-0.2, -0.15) is 0 Å². The standard InChI is InChI=1S/C25H27N3O4/c29-23-12-11-21(24(30)27-23)28-15-17-13-18(9-10-19(17)25(28)31)32-22-8-4-7-20(22)26-14-16-5-2-1-3-6-16/h1-3,5-6,9-10,13,20-22,26H,4,7-8,11-12,14-15H2,(H,27,29,30)/t20-,21?,22?/m0/s1. The molecule has 0 radical (unpaired) electrons. The molecule has 3 atom stereocenters. The van der Waals surface area contributed by atoms with Crippen LogP contribution in [-0.4, -0.2) is 40.8 Å². The number of hydrogen-bond donors (Lipinski definition) is 2. The molecule has 2 aromatic rings. The fourth-order valence-corrected chi connectivity index (χ4v) is 4.94. The summed E-state index contributed by atoms with van der Waals surface area (Å²) in [6, 6.07) is 15.6. The van der Waals surface area contributed by atoms with E-state index in [1.165, 1.54) is 5.56 Å². The van der Waals surface area contributed by atoms with Crippen molar-refractivity contribution in [3.63, 3.8) is 0 Å². The van der Waals surface area contributed by atoms with Gasteiger partial charge in [-0.1, -0.05) is 30.3 Å². The lowest BCUT2D eigenvalue weighted by Crippen LogP contribution is -2.52. The van der Waals surface area contributed by atoms with Crippen molar-refractivity contribution >= 4 is 17.7 Å². The number of fused-ring (bicyclic) bond motifs is 1. The summed E-state index contributed by atoms with van der Waals surface area (Å²) in [6.07, 6.45) is 3.88. The maximum atomic E-state index is 12.9. The lowest BCUT2D eigenvalue weighted by Gasteiger charge is -2.29. The van der Waals surface area contributed by atoms with Gasteiger partial charge in [0.15, 0.2) is 0 Å². The second-order valence-corrected chi connectivity index (χ2v) is 8.78. The van der Waals surface area contributed by atoms with Crippen molar-refractivity contribution in [1.29, 1.82) is 0 Å². The Balaban J connectivity index is 1.24. The van der Waals surface area contributed by atoms with E-state index in [4.69, 9.17) is 4.74 Å². The maximum Gasteiger partial charge on any atom is 0.255 e. The fraction of sp³-hybridized carbons (Fsp3) is 0.400. The van der Waals surface area contributed by atoms with E-state index in [9.17, 15) is 14.4 Å². The van der Waals surface area contributed by atoms with Crippen LogP contribution in [0.3, 0.4) is 0 Å². The summed E-state index contributed by atoms with van der Waals surface area (Å²) in [5.74, 6) is -0.0836. The Morgan fingerprint density at radius 2 is 1.88 bits per heavy atom. The van der Waals surface area contributed by atoms with E-state index in [1.54, 1.807) is 11.0 Å². The zero-order valence-electron chi connectivity index (χ0n) is 17.9. The number of rotatable bonds is 6. The highest BCUT2D eigenvalue weighted by atomic mass is 16.5. The van der Waals surface area contributed by atoms with Crippen LogP contribution in [0.1, 0.15) is 53.6 Å². The van der Waals surface area contributed by atoms with Crippen LogP contribution in [0.25, 0.3) is 0 Å². The quantitative estimate of drug-likeness (QED) is 0.684. The van der Waals surface area contributed by atoms with Crippen LogP contribution >= 0.6 is 0 Å². The average molecular weight is 434 g/mol. The van der Waals surface area contributed by atoms with Crippen molar-refractivity contribution in [3.05, 3.63) is 65.2 Å².